The zero-order valence-electron chi connectivity index (χ0n) is 14.0. The fourth-order valence-electron chi connectivity index (χ4n) is 4.56. The minimum absolute atomic E-state index is 0.113. The van der Waals surface area contributed by atoms with Gasteiger partial charge in [-0.15, -0.1) is 0 Å². The molecule has 2 bridgehead atoms. The second-order valence-corrected chi connectivity index (χ2v) is 7.39. The Morgan fingerprint density at radius 3 is 2.43 bits per heavy atom. The average Bonchev–Trinajstić information content (AvgIpc) is 3.09. The summed E-state index contributed by atoms with van der Waals surface area (Å²) in [6, 6.07) is 5.98. The van der Waals surface area contributed by atoms with Crippen LogP contribution in [0.1, 0.15) is 50.2 Å². The molecule has 0 aliphatic heterocycles. The van der Waals surface area contributed by atoms with Crippen molar-refractivity contribution in [2.24, 2.45) is 23.7 Å². The Labute approximate surface area is 137 Å². The predicted molar refractivity (Wildman–Crippen MR) is 86.7 cm³/mol. The molecule has 4 nitrogen and oxygen atoms in total. The molecule has 3 rings (SSSR count). The Morgan fingerprint density at radius 1 is 1.17 bits per heavy atom. The molecule has 0 radical (unpaired) electrons. The van der Waals surface area contributed by atoms with Crippen molar-refractivity contribution in [3.63, 3.8) is 0 Å². The molecule has 2 saturated carbocycles. The minimum Gasteiger partial charge on any atom is -0.550 e. The van der Waals surface area contributed by atoms with E-state index in [1.807, 2.05) is 25.1 Å². The maximum absolute atomic E-state index is 12.8. The molecule has 2 fully saturated rings. The molecule has 4 atom stereocenters. The van der Waals surface area contributed by atoms with Crippen LogP contribution < -0.4 is 10.4 Å². The third-order valence-corrected chi connectivity index (χ3v) is 5.67. The average molecular weight is 314 g/mol. The number of carboxylic acids is 1. The number of nitrogens with one attached hydrogen (secondary N) is 1. The first-order valence-corrected chi connectivity index (χ1v) is 8.51. The van der Waals surface area contributed by atoms with E-state index in [4.69, 9.17) is 0 Å². The van der Waals surface area contributed by atoms with Crippen LogP contribution in [-0.4, -0.2) is 11.9 Å². The number of carbonyl (C=O) groups is 2. The van der Waals surface area contributed by atoms with E-state index in [1.165, 1.54) is 0 Å². The molecule has 2 aliphatic rings. The lowest BCUT2D eigenvalue weighted by atomic mass is 9.78. The highest BCUT2D eigenvalue weighted by atomic mass is 16.4. The lowest BCUT2D eigenvalue weighted by molar-refractivity contribution is -0.314. The van der Waals surface area contributed by atoms with Gasteiger partial charge in [0.05, 0.1) is 0 Å². The minimum atomic E-state index is -1.06. The summed E-state index contributed by atoms with van der Waals surface area (Å²) in [6.07, 6.45) is 2.72. The molecule has 1 aromatic carbocycles. The molecule has 1 amide bonds. The van der Waals surface area contributed by atoms with Crippen LogP contribution in [0.25, 0.3) is 0 Å². The lowest BCUT2D eigenvalue weighted by Crippen LogP contribution is -2.44. The Balaban J connectivity index is 1.87. The van der Waals surface area contributed by atoms with Crippen molar-refractivity contribution in [3.05, 3.63) is 29.3 Å². The number of carbonyl (C=O) groups excluding carboxylic acids is 2. The molecule has 2 aliphatic carbocycles. The predicted octanol–water partition coefficient (Wildman–Crippen LogP) is 2.47. The number of hydrogen-bond acceptors (Lipinski definition) is 3. The summed E-state index contributed by atoms with van der Waals surface area (Å²) in [6.45, 7) is 6.15. The van der Waals surface area contributed by atoms with Gasteiger partial charge in [-0.05, 0) is 55.1 Å². The van der Waals surface area contributed by atoms with Crippen molar-refractivity contribution >= 4 is 17.6 Å². The third-order valence-electron chi connectivity index (χ3n) is 5.67. The molecule has 0 unspecified atom stereocenters. The summed E-state index contributed by atoms with van der Waals surface area (Å²) >= 11 is 0. The van der Waals surface area contributed by atoms with Gasteiger partial charge in [0.1, 0.15) is 0 Å². The van der Waals surface area contributed by atoms with E-state index in [-0.39, 0.29) is 17.7 Å². The number of anilines is 1. The van der Waals surface area contributed by atoms with Crippen molar-refractivity contribution < 1.29 is 14.7 Å². The van der Waals surface area contributed by atoms with E-state index in [2.05, 4.69) is 19.2 Å². The van der Waals surface area contributed by atoms with E-state index >= 15 is 0 Å². The number of rotatable bonds is 4. The number of amides is 1. The molecule has 23 heavy (non-hydrogen) atoms. The van der Waals surface area contributed by atoms with Gasteiger partial charge in [-0.25, -0.2) is 0 Å². The highest BCUT2D eigenvalue weighted by Crippen LogP contribution is 2.52. The molecule has 0 saturated heterocycles. The van der Waals surface area contributed by atoms with Gasteiger partial charge < -0.3 is 15.2 Å². The van der Waals surface area contributed by atoms with E-state index < -0.39 is 17.8 Å². The smallest absolute Gasteiger partial charge is 0.228 e. The van der Waals surface area contributed by atoms with Gasteiger partial charge in [0.15, 0.2) is 0 Å². The first-order chi connectivity index (χ1) is 10.9. The molecule has 1 aromatic rings. The molecule has 0 spiro atoms. The Hall–Kier alpha value is -1.84. The van der Waals surface area contributed by atoms with Gasteiger partial charge in [0, 0.05) is 23.5 Å². The number of benzene rings is 1. The van der Waals surface area contributed by atoms with Gasteiger partial charge in [-0.3, -0.25) is 4.79 Å². The maximum Gasteiger partial charge on any atom is 0.228 e. The van der Waals surface area contributed by atoms with E-state index in [0.717, 1.165) is 36.1 Å². The van der Waals surface area contributed by atoms with Crippen LogP contribution in [0.3, 0.4) is 0 Å². The van der Waals surface area contributed by atoms with Gasteiger partial charge in [0.2, 0.25) is 5.91 Å². The zero-order valence-corrected chi connectivity index (χ0v) is 14.0. The number of aryl methyl sites for hydroxylation is 1. The van der Waals surface area contributed by atoms with Crippen molar-refractivity contribution in [1.82, 2.24) is 0 Å². The van der Waals surface area contributed by atoms with Gasteiger partial charge >= 0.3 is 0 Å². The number of aliphatic carboxylic acids is 1. The SMILES string of the molecule is Cc1cccc(C(C)C)c1NC(=O)[C@H]1[C@H]2CC[C@@H](C2)[C@@H]1C(=O)[O-]. The van der Waals surface area contributed by atoms with Crippen LogP contribution in [0.5, 0.6) is 0 Å². The van der Waals surface area contributed by atoms with Crippen molar-refractivity contribution in [1.29, 1.82) is 0 Å². The van der Waals surface area contributed by atoms with Crippen LogP contribution in [0.4, 0.5) is 5.69 Å². The topological polar surface area (TPSA) is 69.2 Å². The highest BCUT2D eigenvalue weighted by Gasteiger charge is 2.51. The molecular weight excluding hydrogens is 290 g/mol. The second-order valence-electron chi connectivity index (χ2n) is 7.39. The van der Waals surface area contributed by atoms with Crippen LogP contribution in [-0.2, 0) is 9.59 Å². The standard InChI is InChI=1S/C19H25NO3/c1-10(2)14-6-4-5-11(3)17(14)20-18(21)15-12-7-8-13(9-12)16(15)19(22)23/h4-6,10,12-13,15-16H,7-9H2,1-3H3,(H,20,21)(H,22,23)/p-1/t12-,13-,15-,16-/m0/s1. The van der Waals surface area contributed by atoms with Gasteiger partial charge in [-0.2, -0.15) is 0 Å². The lowest BCUT2D eigenvalue weighted by Gasteiger charge is -2.31. The molecule has 0 aromatic heterocycles. The first kappa shape index (κ1) is 16.0. The van der Waals surface area contributed by atoms with E-state index in [1.54, 1.807) is 0 Å². The second kappa shape index (κ2) is 5.99. The zero-order chi connectivity index (χ0) is 16.7. The van der Waals surface area contributed by atoms with Crippen LogP contribution in [0.15, 0.2) is 18.2 Å². The molecule has 1 N–H and O–H groups in total. The van der Waals surface area contributed by atoms with Crippen LogP contribution in [0.2, 0.25) is 0 Å². The summed E-state index contributed by atoms with van der Waals surface area (Å²) in [7, 11) is 0. The monoisotopic (exact) mass is 314 g/mol. The Bertz CT molecular complexity index is 638. The summed E-state index contributed by atoms with van der Waals surface area (Å²) < 4.78 is 0. The first-order valence-electron chi connectivity index (χ1n) is 8.51. The third kappa shape index (κ3) is 2.75. The summed E-state index contributed by atoms with van der Waals surface area (Å²) in [5, 5.41) is 14.6. The van der Waals surface area contributed by atoms with Crippen LogP contribution in [0, 0.1) is 30.6 Å². The number of para-hydroxylation sites is 1. The maximum atomic E-state index is 12.8. The van der Waals surface area contributed by atoms with Crippen molar-refractivity contribution in [2.75, 3.05) is 5.32 Å². The van der Waals surface area contributed by atoms with E-state index in [0.29, 0.717) is 5.92 Å². The molecule has 124 valence electrons. The van der Waals surface area contributed by atoms with Gasteiger partial charge in [-0.1, -0.05) is 32.0 Å². The molecule has 0 heterocycles. The van der Waals surface area contributed by atoms with E-state index in [9.17, 15) is 14.7 Å². The van der Waals surface area contributed by atoms with Gasteiger partial charge in [0.25, 0.3) is 0 Å². The Morgan fingerprint density at radius 2 is 1.83 bits per heavy atom. The van der Waals surface area contributed by atoms with Crippen molar-refractivity contribution in [2.45, 2.75) is 46.0 Å². The number of carboxylic acid groups (broad SMARTS) is 1. The highest BCUT2D eigenvalue weighted by molar-refractivity contribution is 5.97. The summed E-state index contributed by atoms with van der Waals surface area (Å²) in [5.41, 5.74) is 2.94. The summed E-state index contributed by atoms with van der Waals surface area (Å²) in [4.78, 5) is 24.4. The largest absolute Gasteiger partial charge is 0.550 e. The fourth-order valence-corrected chi connectivity index (χ4v) is 4.56. The number of hydrogen-bond donors (Lipinski definition) is 1. The Kier molecular flexibility index (Phi) is 4.17. The number of fused-ring (bicyclic) bond motifs is 2. The quantitative estimate of drug-likeness (QED) is 0.928. The van der Waals surface area contributed by atoms with Crippen LogP contribution >= 0.6 is 0 Å². The fraction of sp³-hybridized carbons (Fsp3) is 0.579. The molecular formula is C19H24NO3-. The normalized spacial score (nSPS) is 29.0. The molecule has 4 heteroatoms. The van der Waals surface area contributed by atoms with Crippen molar-refractivity contribution in [3.8, 4) is 0 Å². The summed E-state index contributed by atoms with van der Waals surface area (Å²) in [5.74, 6) is -1.69.